The van der Waals surface area contributed by atoms with Gasteiger partial charge in [-0.3, -0.25) is 9.69 Å². The van der Waals surface area contributed by atoms with Crippen molar-refractivity contribution in [3.63, 3.8) is 0 Å². The van der Waals surface area contributed by atoms with E-state index in [0.717, 1.165) is 0 Å². The third-order valence-corrected chi connectivity index (χ3v) is 3.09. The van der Waals surface area contributed by atoms with Crippen molar-refractivity contribution in [1.82, 2.24) is 4.90 Å². The molecule has 96 valence electrons. The summed E-state index contributed by atoms with van der Waals surface area (Å²) in [7, 11) is 3.30. The number of carbonyl (C=O) groups excluding carboxylic acids is 2. The van der Waals surface area contributed by atoms with Crippen molar-refractivity contribution in [2.24, 2.45) is 0 Å². The molecule has 0 saturated carbocycles. The van der Waals surface area contributed by atoms with Crippen LogP contribution >= 0.6 is 0 Å². The molecule has 5 heteroatoms. The molecule has 18 heavy (non-hydrogen) atoms. The fourth-order valence-electron chi connectivity index (χ4n) is 1.99. The summed E-state index contributed by atoms with van der Waals surface area (Å²) in [5.41, 5.74) is 1.28. The number of nitrogens with zero attached hydrogens (tertiary/aromatic N) is 2. The lowest BCUT2D eigenvalue weighted by atomic mass is 10.1. The summed E-state index contributed by atoms with van der Waals surface area (Å²) in [4.78, 5) is 26.5. The lowest BCUT2D eigenvalue weighted by Gasteiger charge is -2.19. The van der Waals surface area contributed by atoms with E-state index in [-0.39, 0.29) is 11.8 Å². The number of ketones is 1. The van der Waals surface area contributed by atoms with Gasteiger partial charge >= 0.3 is 6.03 Å². The highest BCUT2D eigenvalue weighted by atomic mass is 16.5. The van der Waals surface area contributed by atoms with Crippen molar-refractivity contribution >= 4 is 17.5 Å². The lowest BCUT2D eigenvalue weighted by Crippen LogP contribution is -2.29. The number of carbonyl (C=O) groups is 2. The molecule has 1 aliphatic heterocycles. The molecule has 5 nitrogen and oxygen atoms in total. The van der Waals surface area contributed by atoms with Crippen LogP contribution in [0.4, 0.5) is 10.5 Å². The van der Waals surface area contributed by atoms with Crippen LogP contribution in [0.1, 0.15) is 17.3 Å². The Kier molecular flexibility index (Phi) is 3.23. The number of benzene rings is 1. The van der Waals surface area contributed by atoms with E-state index in [1.165, 1.54) is 14.0 Å². The third kappa shape index (κ3) is 2.03. The van der Waals surface area contributed by atoms with E-state index in [4.69, 9.17) is 4.74 Å². The first-order valence-corrected chi connectivity index (χ1v) is 5.76. The molecule has 1 aromatic carbocycles. The SMILES string of the molecule is COc1cc(C(C)=O)ccc1N1CCN(C)C1=O. The van der Waals surface area contributed by atoms with Gasteiger partial charge in [-0.25, -0.2) is 4.79 Å². The highest BCUT2D eigenvalue weighted by molar-refractivity contribution is 5.98. The molecule has 0 unspecified atom stereocenters. The van der Waals surface area contributed by atoms with Crippen LogP contribution in [0.25, 0.3) is 0 Å². The number of Topliss-reactive ketones (excluding diaryl/α,β-unsaturated/α-hetero) is 1. The number of hydrogen-bond acceptors (Lipinski definition) is 3. The van der Waals surface area contributed by atoms with Gasteiger partial charge in [0.05, 0.1) is 12.8 Å². The molecule has 1 aliphatic rings. The average molecular weight is 248 g/mol. The van der Waals surface area contributed by atoms with E-state index in [1.54, 1.807) is 35.0 Å². The van der Waals surface area contributed by atoms with Gasteiger partial charge < -0.3 is 9.64 Å². The molecule has 1 fully saturated rings. The predicted molar refractivity (Wildman–Crippen MR) is 68.4 cm³/mol. The topological polar surface area (TPSA) is 49.9 Å². The van der Waals surface area contributed by atoms with Gasteiger partial charge in [0, 0.05) is 25.7 Å². The van der Waals surface area contributed by atoms with Gasteiger partial charge in [0.25, 0.3) is 0 Å². The van der Waals surface area contributed by atoms with Gasteiger partial charge in [-0.1, -0.05) is 0 Å². The van der Waals surface area contributed by atoms with Gasteiger partial charge in [-0.2, -0.15) is 0 Å². The van der Waals surface area contributed by atoms with Crippen molar-refractivity contribution in [3.8, 4) is 5.75 Å². The second-order valence-electron chi connectivity index (χ2n) is 4.30. The number of amides is 2. The molecule has 0 radical (unpaired) electrons. The zero-order valence-corrected chi connectivity index (χ0v) is 10.8. The zero-order valence-electron chi connectivity index (χ0n) is 10.8. The number of anilines is 1. The molecule has 2 amide bonds. The molecule has 0 atom stereocenters. The minimum Gasteiger partial charge on any atom is -0.495 e. The Morgan fingerprint density at radius 3 is 2.56 bits per heavy atom. The van der Waals surface area contributed by atoms with Gasteiger partial charge in [-0.15, -0.1) is 0 Å². The summed E-state index contributed by atoms with van der Waals surface area (Å²) in [6, 6.07) is 5.09. The Labute approximate surface area is 106 Å². The predicted octanol–water partition coefficient (Wildman–Crippen LogP) is 1.77. The highest BCUT2D eigenvalue weighted by Gasteiger charge is 2.28. The maximum atomic E-state index is 11.9. The van der Waals surface area contributed by atoms with Gasteiger partial charge in [0.15, 0.2) is 5.78 Å². The van der Waals surface area contributed by atoms with Gasteiger partial charge in [0.1, 0.15) is 5.75 Å². The van der Waals surface area contributed by atoms with Crippen molar-refractivity contribution in [2.45, 2.75) is 6.92 Å². The lowest BCUT2D eigenvalue weighted by molar-refractivity contribution is 0.101. The largest absolute Gasteiger partial charge is 0.495 e. The smallest absolute Gasteiger partial charge is 0.324 e. The summed E-state index contributed by atoms with van der Waals surface area (Å²) in [6.07, 6.45) is 0. The van der Waals surface area contributed by atoms with E-state index in [2.05, 4.69) is 0 Å². The quantitative estimate of drug-likeness (QED) is 0.766. The maximum Gasteiger partial charge on any atom is 0.324 e. The number of rotatable bonds is 3. The van der Waals surface area contributed by atoms with E-state index in [9.17, 15) is 9.59 Å². The van der Waals surface area contributed by atoms with Crippen LogP contribution in [0.15, 0.2) is 18.2 Å². The molecule has 1 saturated heterocycles. The van der Waals surface area contributed by atoms with Crippen LogP contribution in [0.3, 0.4) is 0 Å². The summed E-state index contributed by atoms with van der Waals surface area (Å²) < 4.78 is 5.27. The molecule has 0 N–H and O–H groups in total. The Hall–Kier alpha value is -2.04. The maximum absolute atomic E-state index is 11.9. The Morgan fingerprint density at radius 2 is 2.06 bits per heavy atom. The number of methoxy groups -OCH3 is 1. The first-order chi connectivity index (χ1) is 8.54. The van der Waals surface area contributed by atoms with Crippen molar-refractivity contribution < 1.29 is 14.3 Å². The fraction of sp³-hybridized carbons (Fsp3) is 0.385. The minimum absolute atomic E-state index is 0.0234. The highest BCUT2D eigenvalue weighted by Crippen LogP contribution is 2.31. The van der Waals surface area contributed by atoms with Crippen LogP contribution < -0.4 is 9.64 Å². The van der Waals surface area contributed by atoms with Crippen molar-refractivity contribution in [2.75, 3.05) is 32.1 Å². The molecule has 1 aromatic rings. The molecular formula is C13H16N2O3. The van der Waals surface area contributed by atoms with E-state index >= 15 is 0 Å². The molecule has 0 spiro atoms. The van der Waals surface area contributed by atoms with Gasteiger partial charge in [0.2, 0.25) is 0 Å². The molecular weight excluding hydrogens is 232 g/mol. The first-order valence-electron chi connectivity index (χ1n) is 5.76. The second kappa shape index (κ2) is 4.68. The molecule has 0 bridgehead atoms. The minimum atomic E-state index is -0.0520. The van der Waals surface area contributed by atoms with Gasteiger partial charge in [-0.05, 0) is 25.1 Å². The van der Waals surface area contributed by atoms with Crippen LogP contribution in [-0.2, 0) is 0 Å². The van der Waals surface area contributed by atoms with Crippen LogP contribution in [0, 0.1) is 0 Å². The summed E-state index contributed by atoms with van der Waals surface area (Å²) in [6.45, 7) is 2.82. The molecule has 0 aliphatic carbocycles. The second-order valence-corrected chi connectivity index (χ2v) is 4.30. The fourth-order valence-corrected chi connectivity index (χ4v) is 1.99. The molecule has 2 rings (SSSR count). The van der Waals surface area contributed by atoms with Crippen LogP contribution in [0.5, 0.6) is 5.75 Å². The molecule has 1 heterocycles. The van der Waals surface area contributed by atoms with E-state index in [1.807, 2.05) is 0 Å². The monoisotopic (exact) mass is 248 g/mol. The third-order valence-electron chi connectivity index (χ3n) is 3.09. The summed E-state index contributed by atoms with van der Waals surface area (Å²) in [5.74, 6) is 0.524. The Morgan fingerprint density at radius 1 is 1.33 bits per heavy atom. The normalized spacial score (nSPS) is 15.2. The Bertz CT molecular complexity index is 499. The van der Waals surface area contributed by atoms with E-state index in [0.29, 0.717) is 30.1 Å². The summed E-state index contributed by atoms with van der Waals surface area (Å²) >= 11 is 0. The van der Waals surface area contributed by atoms with Crippen LogP contribution in [-0.4, -0.2) is 44.0 Å². The number of urea groups is 1. The van der Waals surface area contributed by atoms with E-state index < -0.39 is 0 Å². The number of likely N-dealkylation sites (N-methyl/N-ethyl adjacent to an activating group) is 1. The average Bonchev–Trinajstić information content (AvgIpc) is 2.69. The Balaban J connectivity index is 2.39. The first kappa shape index (κ1) is 12.4. The van der Waals surface area contributed by atoms with Crippen LogP contribution in [0.2, 0.25) is 0 Å². The summed E-state index contributed by atoms with van der Waals surface area (Å²) in [5, 5.41) is 0. The number of hydrogen-bond donors (Lipinski definition) is 0. The number of ether oxygens (including phenoxy) is 1. The van der Waals surface area contributed by atoms with Crippen molar-refractivity contribution in [3.05, 3.63) is 23.8 Å². The molecule has 0 aromatic heterocycles. The van der Waals surface area contributed by atoms with Crippen molar-refractivity contribution in [1.29, 1.82) is 0 Å². The standard InChI is InChI=1S/C13H16N2O3/c1-9(16)10-4-5-11(12(8-10)18-3)15-7-6-14(2)13(15)17/h4-5,8H,6-7H2,1-3H3. The zero-order chi connectivity index (χ0) is 13.3.